The Labute approximate surface area is 211 Å². The van der Waals surface area contributed by atoms with Gasteiger partial charge in [-0.3, -0.25) is 9.59 Å². The van der Waals surface area contributed by atoms with Crippen molar-refractivity contribution in [1.29, 1.82) is 0 Å². The molecule has 0 saturated carbocycles. The summed E-state index contributed by atoms with van der Waals surface area (Å²) in [5, 5.41) is 3.85. The molecule has 0 fully saturated rings. The van der Waals surface area contributed by atoms with E-state index in [9.17, 15) is 22.8 Å². The van der Waals surface area contributed by atoms with Crippen molar-refractivity contribution in [2.75, 3.05) is 10.2 Å². The number of amides is 2. The zero-order valence-electron chi connectivity index (χ0n) is 16.8. The number of rotatable bonds is 5. The molecule has 0 saturated heterocycles. The third-order valence-corrected chi connectivity index (χ3v) is 6.78. The Balaban J connectivity index is 1.76. The molecule has 4 rings (SSSR count). The van der Waals surface area contributed by atoms with Gasteiger partial charge in [-0.15, -0.1) is 0 Å². The second kappa shape index (κ2) is 9.54. The molecule has 34 heavy (non-hydrogen) atoms. The van der Waals surface area contributed by atoms with Gasteiger partial charge in [0.2, 0.25) is 0 Å². The van der Waals surface area contributed by atoms with Gasteiger partial charge < -0.3 is 5.32 Å². The molecule has 11 heteroatoms. The molecule has 0 aromatic heterocycles. The van der Waals surface area contributed by atoms with Crippen LogP contribution in [0.4, 0.5) is 24.5 Å². The number of hydrogen-bond donors (Lipinski definition) is 1. The van der Waals surface area contributed by atoms with Crippen molar-refractivity contribution < 1.29 is 22.8 Å². The number of anilines is 2. The van der Waals surface area contributed by atoms with Crippen molar-refractivity contribution in [3.05, 3.63) is 98.0 Å². The van der Waals surface area contributed by atoms with Gasteiger partial charge in [0, 0.05) is 15.6 Å². The van der Waals surface area contributed by atoms with E-state index in [2.05, 4.69) is 5.32 Å². The Morgan fingerprint density at radius 2 is 1.53 bits per heavy atom. The molecule has 0 bridgehead atoms. The first-order valence-corrected chi connectivity index (χ1v) is 11.5. The highest BCUT2D eigenvalue weighted by Crippen LogP contribution is 2.40. The van der Waals surface area contributed by atoms with E-state index in [0.29, 0.717) is 20.5 Å². The highest BCUT2D eigenvalue weighted by Gasteiger charge is 2.41. The standard InChI is InChI=1S/C23H12Cl3F3N2O2S/c24-13-4-7-16(8-5-13)34-20-19(30-14-6-9-17(25)18(26)11-14)21(32)31(22(20)33)15-3-1-2-12(10-15)23(27,28)29/h1-11,30H. The number of hydrogen-bond acceptors (Lipinski definition) is 4. The van der Waals surface area contributed by atoms with E-state index < -0.39 is 23.6 Å². The summed E-state index contributed by atoms with van der Waals surface area (Å²) in [5.41, 5.74) is -0.931. The Hall–Kier alpha value is -2.65. The maximum absolute atomic E-state index is 13.3. The topological polar surface area (TPSA) is 49.4 Å². The van der Waals surface area contributed by atoms with Crippen molar-refractivity contribution in [3.8, 4) is 0 Å². The minimum Gasteiger partial charge on any atom is -0.350 e. The molecule has 1 heterocycles. The second-order valence-corrected chi connectivity index (χ2v) is 9.34. The second-order valence-electron chi connectivity index (χ2n) is 7.01. The van der Waals surface area contributed by atoms with Crippen LogP contribution in [0, 0.1) is 0 Å². The first kappa shape index (κ1) is 24.5. The van der Waals surface area contributed by atoms with E-state index >= 15 is 0 Å². The molecule has 3 aromatic rings. The van der Waals surface area contributed by atoms with Crippen LogP contribution in [0.25, 0.3) is 0 Å². The fourth-order valence-corrected chi connectivity index (χ4v) is 4.46. The summed E-state index contributed by atoms with van der Waals surface area (Å²) < 4.78 is 39.7. The van der Waals surface area contributed by atoms with Gasteiger partial charge in [0.15, 0.2) is 0 Å². The molecule has 3 aromatic carbocycles. The quantitative estimate of drug-likeness (QED) is 0.336. The molecule has 0 radical (unpaired) electrons. The van der Waals surface area contributed by atoms with Gasteiger partial charge in [0.05, 0.1) is 21.3 Å². The molecule has 0 spiro atoms. The summed E-state index contributed by atoms with van der Waals surface area (Å²) in [5.74, 6) is -1.58. The average molecular weight is 544 g/mol. The third kappa shape index (κ3) is 5.05. The predicted molar refractivity (Wildman–Crippen MR) is 128 cm³/mol. The van der Waals surface area contributed by atoms with Crippen LogP contribution in [0.1, 0.15) is 5.56 Å². The summed E-state index contributed by atoms with van der Waals surface area (Å²) in [6.45, 7) is 0. The van der Waals surface area contributed by atoms with Crippen LogP contribution in [0.5, 0.6) is 0 Å². The first-order chi connectivity index (χ1) is 16.0. The van der Waals surface area contributed by atoms with Crippen LogP contribution in [0.15, 0.2) is 82.2 Å². The van der Waals surface area contributed by atoms with Crippen molar-refractivity contribution in [3.63, 3.8) is 0 Å². The molecular weight excluding hydrogens is 532 g/mol. The van der Waals surface area contributed by atoms with E-state index in [1.165, 1.54) is 18.2 Å². The molecule has 1 aliphatic rings. The van der Waals surface area contributed by atoms with E-state index in [1.54, 1.807) is 30.3 Å². The van der Waals surface area contributed by atoms with E-state index in [0.717, 1.165) is 30.0 Å². The summed E-state index contributed by atoms with van der Waals surface area (Å²) >= 11 is 18.9. The van der Waals surface area contributed by atoms with Gasteiger partial charge in [-0.05, 0) is 60.7 Å². The zero-order chi connectivity index (χ0) is 24.6. The number of carbonyl (C=O) groups is 2. The minimum atomic E-state index is -4.64. The highest BCUT2D eigenvalue weighted by molar-refractivity contribution is 8.04. The molecule has 0 atom stereocenters. The fraction of sp³-hybridized carbons (Fsp3) is 0.0435. The van der Waals surface area contributed by atoms with Crippen LogP contribution >= 0.6 is 46.6 Å². The van der Waals surface area contributed by atoms with Crippen LogP contribution in [0.3, 0.4) is 0 Å². The lowest BCUT2D eigenvalue weighted by atomic mass is 10.2. The Morgan fingerprint density at radius 3 is 2.18 bits per heavy atom. The van der Waals surface area contributed by atoms with Gasteiger partial charge in [-0.25, -0.2) is 4.90 Å². The Kier molecular flexibility index (Phi) is 6.87. The molecule has 1 N–H and O–H groups in total. The lowest BCUT2D eigenvalue weighted by molar-refractivity contribution is -0.137. The van der Waals surface area contributed by atoms with Crippen molar-refractivity contribution >= 4 is 69.8 Å². The number of nitrogens with zero attached hydrogens (tertiary/aromatic N) is 1. The molecule has 174 valence electrons. The number of thioether (sulfide) groups is 1. The molecular formula is C23H12Cl3F3N2O2S. The summed E-state index contributed by atoms with van der Waals surface area (Å²) in [6.07, 6.45) is -4.64. The van der Waals surface area contributed by atoms with Gasteiger partial charge >= 0.3 is 6.18 Å². The van der Waals surface area contributed by atoms with Gasteiger partial charge in [-0.2, -0.15) is 13.2 Å². The molecule has 1 aliphatic heterocycles. The number of halogens is 6. The van der Waals surface area contributed by atoms with Crippen LogP contribution in [-0.4, -0.2) is 11.8 Å². The van der Waals surface area contributed by atoms with Crippen LogP contribution in [0.2, 0.25) is 15.1 Å². The van der Waals surface area contributed by atoms with Crippen molar-refractivity contribution in [2.45, 2.75) is 11.1 Å². The van der Waals surface area contributed by atoms with Gasteiger partial charge in [0.25, 0.3) is 11.8 Å². The number of alkyl halides is 3. The number of nitrogens with one attached hydrogen (secondary N) is 1. The molecule has 2 amide bonds. The summed E-state index contributed by atoms with van der Waals surface area (Å²) in [7, 11) is 0. The van der Waals surface area contributed by atoms with E-state index in [-0.39, 0.29) is 26.3 Å². The third-order valence-electron chi connectivity index (χ3n) is 4.70. The van der Waals surface area contributed by atoms with Crippen molar-refractivity contribution in [2.24, 2.45) is 0 Å². The Bertz CT molecular complexity index is 1330. The smallest absolute Gasteiger partial charge is 0.350 e. The summed E-state index contributed by atoms with van der Waals surface area (Å²) in [4.78, 5) is 27.9. The summed E-state index contributed by atoms with van der Waals surface area (Å²) in [6, 6.07) is 15.1. The highest BCUT2D eigenvalue weighted by atomic mass is 35.5. The first-order valence-electron chi connectivity index (χ1n) is 9.50. The molecule has 0 aliphatic carbocycles. The lowest BCUT2D eigenvalue weighted by Crippen LogP contribution is -2.32. The maximum atomic E-state index is 13.3. The minimum absolute atomic E-state index is 0.00388. The van der Waals surface area contributed by atoms with Crippen molar-refractivity contribution in [1.82, 2.24) is 0 Å². The normalized spacial score (nSPS) is 14.2. The largest absolute Gasteiger partial charge is 0.416 e. The number of benzene rings is 3. The Morgan fingerprint density at radius 1 is 0.824 bits per heavy atom. The van der Waals surface area contributed by atoms with E-state index in [4.69, 9.17) is 34.8 Å². The van der Waals surface area contributed by atoms with Crippen LogP contribution < -0.4 is 10.2 Å². The lowest BCUT2D eigenvalue weighted by Gasteiger charge is -2.17. The average Bonchev–Trinajstić information content (AvgIpc) is 3.01. The zero-order valence-corrected chi connectivity index (χ0v) is 19.9. The molecule has 4 nitrogen and oxygen atoms in total. The van der Waals surface area contributed by atoms with E-state index in [1.807, 2.05) is 0 Å². The van der Waals surface area contributed by atoms with Gasteiger partial charge in [0.1, 0.15) is 10.6 Å². The number of imide groups is 1. The fourth-order valence-electron chi connectivity index (χ4n) is 3.11. The van der Waals surface area contributed by atoms with Crippen LogP contribution in [-0.2, 0) is 15.8 Å². The molecule has 0 unspecified atom stereocenters. The number of carbonyl (C=O) groups excluding carboxylic acids is 2. The van der Waals surface area contributed by atoms with Gasteiger partial charge in [-0.1, -0.05) is 52.6 Å². The monoisotopic (exact) mass is 542 g/mol. The SMILES string of the molecule is O=C1C(Nc2ccc(Cl)c(Cl)c2)=C(Sc2ccc(Cl)cc2)C(=O)N1c1cccc(C(F)(F)F)c1. The maximum Gasteiger partial charge on any atom is 0.416 e. The predicted octanol–water partition coefficient (Wildman–Crippen LogP) is 7.65.